The number of aromatic nitrogens is 3. The zero-order valence-electron chi connectivity index (χ0n) is 6.53. The van der Waals surface area contributed by atoms with E-state index in [4.69, 9.17) is 4.74 Å². The summed E-state index contributed by atoms with van der Waals surface area (Å²) in [7, 11) is 1.55. The van der Waals surface area contributed by atoms with Gasteiger partial charge in [-0.25, -0.2) is 0 Å². The van der Waals surface area contributed by atoms with Crippen LogP contribution in [0.3, 0.4) is 0 Å². The van der Waals surface area contributed by atoms with Crippen LogP contribution in [0.25, 0.3) is 0 Å². The summed E-state index contributed by atoms with van der Waals surface area (Å²) >= 11 is 0. The molecule has 0 fully saturated rings. The largest absolute Gasteiger partial charge is 0.478 e. The third-order valence-electron chi connectivity index (χ3n) is 1.17. The van der Waals surface area contributed by atoms with Crippen LogP contribution >= 0.6 is 0 Å². The van der Waals surface area contributed by atoms with Crippen molar-refractivity contribution < 1.29 is 4.74 Å². The second-order valence-corrected chi connectivity index (χ2v) is 1.89. The van der Waals surface area contributed by atoms with Gasteiger partial charge in [-0.2, -0.15) is 0 Å². The molecule has 0 spiro atoms. The van der Waals surface area contributed by atoms with Crippen molar-refractivity contribution in [2.24, 2.45) is 0 Å². The number of ether oxygens (including phenoxy) is 1. The molecule has 1 aromatic heterocycles. The van der Waals surface area contributed by atoms with E-state index < -0.39 is 0 Å². The Morgan fingerprint density at radius 3 is 3.09 bits per heavy atom. The second kappa shape index (κ2) is 3.70. The van der Waals surface area contributed by atoms with Crippen molar-refractivity contribution in [3.05, 3.63) is 6.20 Å². The Labute approximate surface area is 64.8 Å². The molecular weight excluding hydrogens is 144 g/mol. The van der Waals surface area contributed by atoms with Gasteiger partial charge in [0.1, 0.15) is 5.69 Å². The number of hydrogen-bond acceptors (Lipinski definition) is 5. The van der Waals surface area contributed by atoms with Crippen molar-refractivity contribution >= 4 is 5.69 Å². The maximum absolute atomic E-state index is 4.92. The Bertz CT molecular complexity index is 228. The van der Waals surface area contributed by atoms with Crippen LogP contribution in [0.5, 0.6) is 5.88 Å². The predicted octanol–water partition coefficient (Wildman–Crippen LogP) is 0.312. The molecule has 0 saturated carbocycles. The van der Waals surface area contributed by atoms with Crippen LogP contribution in [0.2, 0.25) is 0 Å². The van der Waals surface area contributed by atoms with E-state index >= 15 is 0 Å². The summed E-state index contributed by atoms with van der Waals surface area (Å²) in [5.41, 5.74) is 0.769. The first kappa shape index (κ1) is 7.71. The van der Waals surface area contributed by atoms with Crippen LogP contribution in [0.15, 0.2) is 6.20 Å². The predicted molar refractivity (Wildman–Crippen MR) is 40.5 cm³/mol. The quantitative estimate of drug-likeness (QED) is 0.679. The summed E-state index contributed by atoms with van der Waals surface area (Å²) in [4.78, 5) is 0. The minimum atomic E-state index is 0.474. The summed E-state index contributed by atoms with van der Waals surface area (Å²) in [5, 5.41) is 13.7. The lowest BCUT2D eigenvalue weighted by Gasteiger charge is -2.04. The Balaban J connectivity index is 2.83. The molecule has 0 aromatic carbocycles. The highest BCUT2D eigenvalue weighted by Crippen LogP contribution is 2.16. The van der Waals surface area contributed by atoms with Crippen molar-refractivity contribution in [2.45, 2.75) is 6.92 Å². The number of methoxy groups -OCH3 is 1. The van der Waals surface area contributed by atoms with Gasteiger partial charge in [0.25, 0.3) is 5.88 Å². The highest BCUT2D eigenvalue weighted by atomic mass is 16.5. The first-order valence-corrected chi connectivity index (χ1v) is 3.34. The fourth-order valence-corrected chi connectivity index (χ4v) is 0.722. The fraction of sp³-hybridized carbons (Fsp3) is 0.500. The Kier molecular flexibility index (Phi) is 2.59. The summed E-state index contributed by atoms with van der Waals surface area (Å²) in [5.74, 6) is 0.474. The van der Waals surface area contributed by atoms with E-state index in [-0.39, 0.29) is 0 Å². The van der Waals surface area contributed by atoms with E-state index in [0.717, 1.165) is 12.2 Å². The van der Waals surface area contributed by atoms with Gasteiger partial charge in [-0.15, -0.1) is 5.10 Å². The average Bonchev–Trinajstić information content (AvgIpc) is 2.06. The molecule has 0 aliphatic rings. The SMILES string of the molecule is CCNc1cnnnc1OC. The third kappa shape index (κ3) is 1.76. The van der Waals surface area contributed by atoms with Crippen molar-refractivity contribution in [3.63, 3.8) is 0 Å². The lowest BCUT2D eigenvalue weighted by Crippen LogP contribution is -2.02. The lowest BCUT2D eigenvalue weighted by atomic mass is 10.5. The lowest BCUT2D eigenvalue weighted by molar-refractivity contribution is 0.390. The number of rotatable bonds is 3. The standard InChI is InChI=1S/C6H10N4O/c1-3-7-5-4-8-10-9-6(5)11-2/h4H,3H2,1-2H3,(H,7,10). The zero-order valence-corrected chi connectivity index (χ0v) is 6.53. The van der Waals surface area contributed by atoms with Gasteiger partial charge in [-0.05, 0) is 12.1 Å². The normalized spacial score (nSPS) is 9.27. The maximum Gasteiger partial charge on any atom is 0.260 e. The van der Waals surface area contributed by atoms with Crippen LogP contribution < -0.4 is 10.1 Å². The Morgan fingerprint density at radius 2 is 2.45 bits per heavy atom. The van der Waals surface area contributed by atoms with Crippen molar-refractivity contribution in [3.8, 4) is 5.88 Å². The van der Waals surface area contributed by atoms with Gasteiger partial charge >= 0.3 is 0 Å². The van der Waals surface area contributed by atoms with Gasteiger partial charge in [-0.1, -0.05) is 5.10 Å². The van der Waals surface area contributed by atoms with Crippen LogP contribution in [-0.2, 0) is 0 Å². The first-order chi connectivity index (χ1) is 5.38. The highest BCUT2D eigenvalue weighted by molar-refractivity contribution is 5.49. The molecule has 1 rings (SSSR count). The molecule has 0 bridgehead atoms. The van der Waals surface area contributed by atoms with Crippen molar-refractivity contribution in [1.82, 2.24) is 15.4 Å². The third-order valence-corrected chi connectivity index (χ3v) is 1.17. The summed E-state index contributed by atoms with van der Waals surface area (Å²) in [6.07, 6.45) is 1.58. The molecule has 11 heavy (non-hydrogen) atoms. The van der Waals surface area contributed by atoms with Crippen molar-refractivity contribution in [2.75, 3.05) is 19.0 Å². The molecule has 0 atom stereocenters. The number of nitrogens with zero attached hydrogens (tertiary/aromatic N) is 3. The molecule has 0 radical (unpaired) electrons. The molecule has 60 valence electrons. The molecule has 0 amide bonds. The summed E-state index contributed by atoms with van der Waals surface area (Å²) in [6, 6.07) is 0. The fourth-order valence-electron chi connectivity index (χ4n) is 0.722. The average molecular weight is 154 g/mol. The Hall–Kier alpha value is -1.39. The van der Waals surface area contributed by atoms with Gasteiger partial charge in [0.15, 0.2) is 0 Å². The second-order valence-electron chi connectivity index (χ2n) is 1.89. The van der Waals surface area contributed by atoms with Crippen LogP contribution in [0.4, 0.5) is 5.69 Å². The smallest absolute Gasteiger partial charge is 0.260 e. The number of nitrogens with one attached hydrogen (secondary N) is 1. The highest BCUT2D eigenvalue weighted by Gasteiger charge is 2.01. The van der Waals surface area contributed by atoms with Gasteiger partial charge in [0.05, 0.1) is 13.3 Å². The molecule has 5 nitrogen and oxygen atoms in total. The molecule has 0 saturated heterocycles. The first-order valence-electron chi connectivity index (χ1n) is 3.34. The van der Waals surface area contributed by atoms with Crippen LogP contribution in [-0.4, -0.2) is 29.1 Å². The van der Waals surface area contributed by atoms with Gasteiger partial charge in [0.2, 0.25) is 0 Å². The molecular formula is C6H10N4O. The van der Waals surface area contributed by atoms with Crippen molar-refractivity contribution in [1.29, 1.82) is 0 Å². The maximum atomic E-state index is 4.92. The molecule has 1 N–H and O–H groups in total. The van der Waals surface area contributed by atoms with E-state index in [0.29, 0.717) is 5.88 Å². The van der Waals surface area contributed by atoms with E-state index in [2.05, 4.69) is 20.7 Å². The van der Waals surface area contributed by atoms with Gasteiger partial charge in [0, 0.05) is 6.54 Å². The monoisotopic (exact) mass is 154 g/mol. The Morgan fingerprint density at radius 1 is 1.64 bits per heavy atom. The molecule has 0 aliphatic carbocycles. The molecule has 1 aromatic rings. The minimum Gasteiger partial charge on any atom is -0.478 e. The zero-order chi connectivity index (χ0) is 8.10. The minimum absolute atomic E-state index is 0.474. The summed E-state index contributed by atoms with van der Waals surface area (Å²) < 4.78 is 4.92. The van der Waals surface area contributed by atoms with E-state index in [1.54, 1.807) is 13.3 Å². The number of anilines is 1. The van der Waals surface area contributed by atoms with Gasteiger partial charge in [-0.3, -0.25) is 0 Å². The van der Waals surface area contributed by atoms with Gasteiger partial charge < -0.3 is 10.1 Å². The molecule has 5 heteroatoms. The summed E-state index contributed by atoms with van der Waals surface area (Å²) in [6.45, 7) is 2.80. The van der Waals surface area contributed by atoms with E-state index in [9.17, 15) is 0 Å². The van der Waals surface area contributed by atoms with Crippen LogP contribution in [0, 0.1) is 0 Å². The molecule has 0 aliphatic heterocycles. The number of hydrogen-bond donors (Lipinski definition) is 1. The molecule has 1 heterocycles. The topological polar surface area (TPSA) is 59.9 Å². The van der Waals surface area contributed by atoms with E-state index in [1.165, 1.54) is 0 Å². The van der Waals surface area contributed by atoms with Crippen LogP contribution in [0.1, 0.15) is 6.92 Å². The van der Waals surface area contributed by atoms with E-state index in [1.807, 2.05) is 6.92 Å². The molecule has 0 unspecified atom stereocenters.